The van der Waals surface area contributed by atoms with Gasteiger partial charge < -0.3 is 5.11 Å². The topological polar surface area (TPSA) is 20.2 Å². The zero-order valence-electron chi connectivity index (χ0n) is 8.26. The molecule has 0 spiro atoms. The summed E-state index contributed by atoms with van der Waals surface area (Å²) in [4.78, 5) is 0. The molecule has 72 valence electrons. The van der Waals surface area contributed by atoms with Crippen LogP contribution < -0.4 is 0 Å². The summed E-state index contributed by atoms with van der Waals surface area (Å²) >= 11 is 0. The Kier molecular flexibility index (Phi) is 4.67. The Morgan fingerprint density at radius 2 is 1.58 bits per heavy atom. The molecule has 0 aromatic rings. The van der Waals surface area contributed by atoms with Crippen molar-refractivity contribution in [2.24, 2.45) is 5.92 Å². The molecule has 0 aromatic carbocycles. The van der Waals surface area contributed by atoms with Gasteiger partial charge in [0.05, 0.1) is 6.10 Å². The molecular weight excluding hydrogens is 148 g/mol. The second-order valence-electron chi connectivity index (χ2n) is 4.30. The van der Waals surface area contributed by atoms with Gasteiger partial charge in [0, 0.05) is 0 Å². The van der Waals surface area contributed by atoms with Crippen molar-refractivity contribution in [1.82, 2.24) is 0 Å². The molecule has 0 radical (unpaired) electrons. The van der Waals surface area contributed by atoms with Crippen molar-refractivity contribution in [3.63, 3.8) is 0 Å². The highest BCUT2D eigenvalue weighted by Gasteiger charge is 2.12. The van der Waals surface area contributed by atoms with Crippen LogP contribution in [0, 0.1) is 5.92 Å². The molecule has 1 rings (SSSR count). The van der Waals surface area contributed by atoms with E-state index in [4.69, 9.17) is 0 Å². The zero-order valence-corrected chi connectivity index (χ0v) is 8.26. The first kappa shape index (κ1) is 10.0. The minimum absolute atomic E-state index is 0.0885. The van der Waals surface area contributed by atoms with Gasteiger partial charge in [0.2, 0.25) is 0 Å². The Bertz CT molecular complexity index is 102. The van der Waals surface area contributed by atoms with Crippen LogP contribution in [0.25, 0.3) is 0 Å². The first-order valence-electron chi connectivity index (χ1n) is 5.47. The molecule has 1 aliphatic rings. The van der Waals surface area contributed by atoms with E-state index in [9.17, 15) is 5.11 Å². The maximum absolute atomic E-state index is 9.27. The number of hydrogen-bond donors (Lipinski definition) is 1. The van der Waals surface area contributed by atoms with Crippen molar-refractivity contribution < 1.29 is 5.11 Å². The number of aliphatic hydroxyl groups is 1. The third-order valence-corrected chi connectivity index (χ3v) is 2.90. The second kappa shape index (κ2) is 5.58. The van der Waals surface area contributed by atoms with Crippen LogP contribution in [0.3, 0.4) is 0 Å². The lowest BCUT2D eigenvalue weighted by Gasteiger charge is -2.20. The highest BCUT2D eigenvalue weighted by atomic mass is 16.3. The number of aliphatic hydroxyl groups excluding tert-OH is 1. The fraction of sp³-hybridized carbons (Fsp3) is 1.00. The van der Waals surface area contributed by atoms with Gasteiger partial charge in [-0.05, 0) is 19.3 Å². The molecule has 1 heteroatoms. The summed E-state index contributed by atoms with van der Waals surface area (Å²) in [6.45, 7) is 1.92. The van der Waals surface area contributed by atoms with E-state index in [0.29, 0.717) is 0 Å². The molecule has 1 nitrogen and oxygen atoms in total. The van der Waals surface area contributed by atoms with Crippen molar-refractivity contribution >= 4 is 0 Å². The van der Waals surface area contributed by atoms with Crippen molar-refractivity contribution in [2.75, 3.05) is 0 Å². The molecule has 0 aliphatic heterocycles. The Morgan fingerprint density at radius 3 is 2.08 bits per heavy atom. The smallest absolute Gasteiger partial charge is 0.0514 e. The van der Waals surface area contributed by atoms with Gasteiger partial charge in [0.15, 0.2) is 0 Å². The van der Waals surface area contributed by atoms with Crippen molar-refractivity contribution in [2.45, 2.75) is 64.4 Å². The first-order valence-corrected chi connectivity index (χ1v) is 5.47. The molecule has 0 aromatic heterocycles. The lowest BCUT2D eigenvalue weighted by molar-refractivity contribution is 0.150. The molecule has 0 heterocycles. The summed E-state index contributed by atoms with van der Waals surface area (Å²) in [5.41, 5.74) is 0. The first-order chi connectivity index (χ1) is 5.79. The molecule has 0 amide bonds. The van der Waals surface area contributed by atoms with Crippen LogP contribution in [0.2, 0.25) is 0 Å². The molecule has 1 fully saturated rings. The Labute approximate surface area is 76.2 Å². The fourth-order valence-corrected chi connectivity index (χ4v) is 2.26. The van der Waals surface area contributed by atoms with E-state index < -0.39 is 0 Å². The minimum atomic E-state index is -0.0885. The fourth-order valence-electron chi connectivity index (χ4n) is 2.26. The SMILES string of the molecule is CC(O)CC1CCCCCCC1. The maximum Gasteiger partial charge on any atom is 0.0514 e. The van der Waals surface area contributed by atoms with Crippen molar-refractivity contribution in [3.8, 4) is 0 Å². The second-order valence-corrected chi connectivity index (χ2v) is 4.30. The Balaban J connectivity index is 2.20. The normalized spacial score (nSPS) is 24.5. The van der Waals surface area contributed by atoms with E-state index in [1.807, 2.05) is 6.92 Å². The van der Waals surface area contributed by atoms with Gasteiger partial charge in [-0.3, -0.25) is 0 Å². The molecule has 1 saturated carbocycles. The molecule has 1 N–H and O–H groups in total. The van der Waals surface area contributed by atoms with E-state index in [-0.39, 0.29) is 6.10 Å². The molecule has 1 atom stereocenters. The quantitative estimate of drug-likeness (QED) is 0.675. The van der Waals surface area contributed by atoms with Crippen LogP contribution in [-0.2, 0) is 0 Å². The third kappa shape index (κ3) is 4.10. The van der Waals surface area contributed by atoms with E-state index in [1.165, 1.54) is 44.9 Å². The van der Waals surface area contributed by atoms with Gasteiger partial charge in [0.1, 0.15) is 0 Å². The van der Waals surface area contributed by atoms with Gasteiger partial charge in [-0.25, -0.2) is 0 Å². The minimum Gasteiger partial charge on any atom is -0.393 e. The van der Waals surface area contributed by atoms with Crippen LogP contribution in [0.5, 0.6) is 0 Å². The number of rotatable bonds is 2. The average molecular weight is 170 g/mol. The Hall–Kier alpha value is -0.0400. The predicted molar refractivity (Wildman–Crippen MR) is 52.1 cm³/mol. The van der Waals surface area contributed by atoms with Crippen LogP contribution in [0.15, 0.2) is 0 Å². The van der Waals surface area contributed by atoms with E-state index in [0.717, 1.165) is 12.3 Å². The van der Waals surface area contributed by atoms with Gasteiger partial charge in [-0.1, -0.05) is 44.9 Å². The van der Waals surface area contributed by atoms with E-state index in [1.54, 1.807) is 0 Å². The molecule has 12 heavy (non-hydrogen) atoms. The molecule has 0 bridgehead atoms. The lowest BCUT2D eigenvalue weighted by Crippen LogP contribution is -2.11. The average Bonchev–Trinajstić information content (AvgIpc) is 1.93. The summed E-state index contributed by atoms with van der Waals surface area (Å²) < 4.78 is 0. The molecule has 1 unspecified atom stereocenters. The number of hydrogen-bond acceptors (Lipinski definition) is 1. The molecular formula is C11H22O. The predicted octanol–water partition coefficient (Wildman–Crippen LogP) is 3.12. The van der Waals surface area contributed by atoms with Crippen molar-refractivity contribution in [1.29, 1.82) is 0 Å². The summed E-state index contributed by atoms with van der Waals surface area (Å²) in [6.07, 6.45) is 10.7. The van der Waals surface area contributed by atoms with E-state index >= 15 is 0 Å². The van der Waals surface area contributed by atoms with Gasteiger partial charge in [-0.2, -0.15) is 0 Å². The van der Waals surface area contributed by atoms with Crippen LogP contribution >= 0.6 is 0 Å². The van der Waals surface area contributed by atoms with E-state index in [2.05, 4.69) is 0 Å². The summed E-state index contributed by atoms with van der Waals surface area (Å²) in [5, 5.41) is 9.27. The van der Waals surface area contributed by atoms with Crippen molar-refractivity contribution in [3.05, 3.63) is 0 Å². The largest absolute Gasteiger partial charge is 0.393 e. The van der Waals surface area contributed by atoms with Crippen LogP contribution in [0.4, 0.5) is 0 Å². The zero-order chi connectivity index (χ0) is 8.81. The highest BCUT2D eigenvalue weighted by Crippen LogP contribution is 2.25. The molecule has 0 saturated heterocycles. The van der Waals surface area contributed by atoms with Gasteiger partial charge in [-0.15, -0.1) is 0 Å². The standard InChI is InChI=1S/C11H22O/c1-10(12)9-11-7-5-3-2-4-6-8-11/h10-12H,2-9H2,1H3. The molecule has 1 aliphatic carbocycles. The third-order valence-electron chi connectivity index (χ3n) is 2.90. The maximum atomic E-state index is 9.27. The summed E-state index contributed by atoms with van der Waals surface area (Å²) in [7, 11) is 0. The highest BCUT2D eigenvalue weighted by molar-refractivity contribution is 4.65. The van der Waals surface area contributed by atoms with Crippen LogP contribution in [-0.4, -0.2) is 11.2 Å². The van der Waals surface area contributed by atoms with Gasteiger partial charge >= 0.3 is 0 Å². The Morgan fingerprint density at radius 1 is 1.08 bits per heavy atom. The van der Waals surface area contributed by atoms with Crippen LogP contribution in [0.1, 0.15) is 58.3 Å². The summed E-state index contributed by atoms with van der Waals surface area (Å²) in [6, 6.07) is 0. The monoisotopic (exact) mass is 170 g/mol. The van der Waals surface area contributed by atoms with Gasteiger partial charge in [0.25, 0.3) is 0 Å². The lowest BCUT2D eigenvalue weighted by atomic mass is 9.87. The summed E-state index contributed by atoms with van der Waals surface area (Å²) in [5.74, 6) is 0.810.